The summed E-state index contributed by atoms with van der Waals surface area (Å²) >= 11 is 0. The molecule has 0 saturated carbocycles. The quantitative estimate of drug-likeness (QED) is 0.164. The molecule has 0 aliphatic carbocycles. The Balaban J connectivity index is 1.37. The van der Waals surface area contributed by atoms with Gasteiger partial charge in [0.05, 0.1) is 7.11 Å². The van der Waals surface area contributed by atoms with E-state index in [0.717, 1.165) is 11.1 Å². The first-order valence-corrected chi connectivity index (χ1v) is 13.7. The van der Waals surface area contributed by atoms with E-state index in [0.29, 0.717) is 34.6 Å². The lowest BCUT2D eigenvalue weighted by atomic mass is 10.2. The maximum Gasteiger partial charge on any atom is 0.416 e. The van der Waals surface area contributed by atoms with E-state index in [9.17, 15) is 9.59 Å². The minimum absolute atomic E-state index is 0.115. The molecule has 1 heterocycles. The molecule has 9 heteroatoms. The number of ether oxygens (including phenoxy) is 4. The van der Waals surface area contributed by atoms with Gasteiger partial charge < -0.3 is 23.4 Å². The number of carbonyl (C=O) groups excluding carboxylic acids is 2. The Kier molecular flexibility index (Phi) is 10.1. The molecule has 0 N–H and O–H groups in total. The fourth-order valence-electron chi connectivity index (χ4n) is 3.89. The predicted octanol–water partition coefficient (Wildman–Crippen LogP) is 6.43. The normalized spacial score (nSPS) is 10.7. The molecule has 1 amide bonds. The molecule has 1 aromatic heterocycles. The maximum atomic E-state index is 13.0. The van der Waals surface area contributed by atoms with E-state index in [1.807, 2.05) is 37.3 Å². The number of hydrogen-bond acceptors (Lipinski definition) is 8. The van der Waals surface area contributed by atoms with Crippen molar-refractivity contribution in [2.45, 2.75) is 39.8 Å². The Morgan fingerprint density at radius 2 is 1.56 bits per heavy atom. The molecule has 0 aliphatic heterocycles. The minimum atomic E-state index is -0.693. The monoisotopic (exact) mass is 582 g/mol. The zero-order chi connectivity index (χ0) is 30.8. The first-order chi connectivity index (χ1) is 20.6. The number of esters is 1. The summed E-state index contributed by atoms with van der Waals surface area (Å²) in [6, 6.07) is 23.4. The molecule has 4 rings (SSSR count). The third kappa shape index (κ3) is 9.40. The Morgan fingerprint density at radius 3 is 2.21 bits per heavy atom. The van der Waals surface area contributed by atoms with Crippen LogP contribution in [0.1, 0.15) is 37.8 Å². The van der Waals surface area contributed by atoms with Gasteiger partial charge in [-0.2, -0.15) is 0 Å². The first-order valence-electron chi connectivity index (χ1n) is 13.7. The third-order valence-electron chi connectivity index (χ3n) is 5.89. The van der Waals surface area contributed by atoms with Crippen molar-refractivity contribution in [1.29, 1.82) is 0 Å². The summed E-state index contributed by atoms with van der Waals surface area (Å²) in [6.45, 7) is 7.10. The maximum absolute atomic E-state index is 13.0. The van der Waals surface area contributed by atoms with E-state index < -0.39 is 17.7 Å². The molecule has 0 saturated heterocycles. The van der Waals surface area contributed by atoms with Crippen molar-refractivity contribution in [2.24, 2.45) is 0 Å². The van der Waals surface area contributed by atoms with Gasteiger partial charge in [-0.05, 0) is 87.7 Å². The van der Waals surface area contributed by atoms with E-state index in [1.54, 1.807) is 76.4 Å². The van der Waals surface area contributed by atoms with Crippen molar-refractivity contribution >= 4 is 12.1 Å². The summed E-state index contributed by atoms with van der Waals surface area (Å²) in [5.74, 6) is 8.12. The smallest absolute Gasteiger partial charge is 0.416 e. The predicted molar refractivity (Wildman–Crippen MR) is 161 cm³/mol. The SMILES string of the molecule is COc1ccc(OC(=O)N(CC(=O)OC(C)(C)C)Cc2ccc(OCC#Cc3nc(-c4ccccc4)oc3C)cc2)cc1. The van der Waals surface area contributed by atoms with Crippen LogP contribution < -0.4 is 14.2 Å². The van der Waals surface area contributed by atoms with Crippen molar-refractivity contribution in [1.82, 2.24) is 9.88 Å². The van der Waals surface area contributed by atoms with Crippen LogP contribution in [0.4, 0.5) is 4.79 Å². The number of oxazole rings is 1. The van der Waals surface area contributed by atoms with E-state index in [4.69, 9.17) is 23.4 Å². The van der Waals surface area contributed by atoms with Crippen molar-refractivity contribution in [3.63, 3.8) is 0 Å². The van der Waals surface area contributed by atoms with Crippen LogP contribution in [0.2, 0.25) is 0 Å². The Labute approximate surface area is 251 Å². The summed E-state index contributed by atoms with van der Waals surface area (Å²) < 4.78 is 27.6. The molecular weight excluding hydrogens is 548 g/mol. The average Bonchev–Trinajstić information content (AvgIpc) is 3.35. The van der Waals surface area contributed by atoms with Crippen LogP contribution in [0.5, 0.6) is 17.2 Å². The van der Waals surface area contributed by atoms with Crippen molar-refractivity contribution in [3.8, 4) is 40.5 Å². The Morgan fingerprint density at radius 1 is 0.907 bits per heavy atom. The van der Waals surface area contributed by atoms with Crippen LogP contribution in [0, 0.1) is 18.8 Å². The first kappa shape index (κ1) is 30.7. The second-order valence-electron chi connectivity index (χ2n) is 10.5. The van der Waals surface area contributed by atoms with Gasteiger partial charge in [-0.3, -0.25) is 9.69 Å². The van der Waals surface area contributed by atoms with Crippen LogP contribution in [-0.4, -0.2) is 47.8 Å². The molecule has 222 valence electrons. The van der Waals surface area contributed by atoms with Gasteiger partial charge in [0.1, 0.15) is 41.8 Å². The molecule has 0 radical (unpaired) electrons. The summed E-state index contributed by atoms with van der Waals surface area (Å²) in [4.78, 5) is 31.4. The number of rotatable bonds is 9. The number of aryl methyl sites for hydroxylation is 1. The zero-order valence-electron chi connectivity index (χ0n) is 24.9. The second-order valence-corrected chi connectivity index (χ2v) is 10.5. The number of nitrogens with zero attached hydrogens (tertiary/aromatic N) is 2. The lowest BCUT2D eigenvalue weighted by molar-refractivity contribution is -0.155. The topological polar surface area (TPSA) is 100 Å². The van der Waals surface area contributed by atoms with Crippen molar-refractivity contribution in [3.05, 3.63) is 95.9 Å². The van der Waals surface area contributed by atoms with Gasteiger partial charge in [0.2, 0.25) is 5.89 Å². The fraction of sp³-hybridized carbons (Fsp3) is 0.265. The molecule has 43 heavy (non-hydrogen) atoms. The Bertz CT molecular complexity index is 1580. The number of amides is 1. The molecular formula is C34H34N2O7. The van der Waals surface area contributed by atoms with Crippen LogP contribution in [0.25, 0.3) is 11.5 Å². The van der Waals surface area contributed by atoms with E-state index >= 15 is 0 Å². The number of hydrogen-bond donors (Lipinski definition) is 0. The van der Waals surface area contributed by atoms with Gasteiger partial charge in [-0.25, -0.2) is 9.78 Å². The molecule has 0 aliphatic rings. The highest BCUT2D eigenvalue weighted by Crippen LogP contribution is 2.22. The van der Waals surface area contributed by atoms with Gasteiger partial charge in [-0.15, -0.1) is 0 Å². The van der Waals surface area contributed by atoms with Gasteiger partial charge in [0.25, 0.3) is 0 Å². The number of carbonyl (C=O) groups is 2. The van der Waals surface area contributed by atoms with Gasteiger partial charge >= 0.3 is 12.1 Å². The highest BCUT2D eigenvalue weighted by atomic mass is 16.6. The highest BCUT2D eigenvalue weighted by molar-refractivity contribution is 5.79. The third-order valence-corrected chi connectivity index (χ3v) is 5.89. The van der Waals surface area contributed by atoms with E-state index in [2.05, 4.69) is 16.8 Å². The summed E-state index contributed by atoms with van der Waals surface area (Å²) in [5.41, 5.74) is 1.51. The number of methoxy groups -OCH3 is 1. The molecule has 0 atom stereocenters. The fourth-order valence-corrected chi connectivity index (χ4v) is 3.89. The molecule has 0 fully saturated rings. The molecule has 3 aromatic carbocycles. The van der Waals surface area contributed by atoms with Gasteiger partial charge in [-0.1, -0.05) is 36.3 Å². The Hall–Kier alpha value is -5.23. The summed E-state index contributed by atoms with van der Waals surface area (Å²) in [6.07, 6.45) is -0.690. The summed E-state index contributed by atoms with van der Waals surface area (Å²) in [7, 11) is 1.55. The van der Waals surface area contributed by atoms with Crippen LogP contribution >= 0.6 is 0 Å². The minimum Gasteiger partial charge on any atom is -0.497 e. The molecule has 9 nitrogen and oxygen atoms in total. The van der Waals surface area contributed by atoms with Crippen molar-refractivity contribution < 1.29 is 33.0 Å². The molecule has 0 bridgehead atoms. The molecule has 0 spiro atoms. The van der Waals surface area contributed by atoms with E-state index in [1.165, 1.54) is 4.90 Å². The lowest BCUT2D eigenvalue weighted by Crippen LogP contribution is -2.39. The number of benzene rings is 3. The largest absolute Gasteiger partial charge is 0.497 e. The number of aromatic nitrogens is 1. The molecule has 0 unspecified atom stereocenters. The average molecular weight is 583 g/mol. The second kappa shape index (κ2) is 14.1. The highest BCUT2D eigenvalue weighted by Gasteiger charge is 2.24. The van der Waals surface area contributed by atoms with Gasteiger partial charge in [0, 0.05) is 12.1 Å². The van der Waals surface area contributed by atoms with Crippen LogP contribution in [-0.2, 0) is 16.1 Å². The lowest BCUT2D eigenvalue weighted by Gasteiger charge is -2.25. The molecule has 4 aromatic rings. The standard InChI is InChI=1S/C34H34N2O7/c1-24-30(35-32(41-24)26-10-7-6-8-11-26)12-9-21-40-28-15-13-25(14-16-28)22-36(23-31(37)43-34(2,3)4)33(38)42-29-19-17-27(39-5)18-20-29/h6-8,10-11,13-20H,21-23H2,1-5H3. The van der Waals surface area contributed by atoms with Crippen LogP contribution in [0.15, 0.2) is 83.3 Å². The zero-order valence-corrected chi connectivity index (χ0v) is 24.9. The van der Waals surface area contributed by atoms with Gasteiger partial charge in [0.15, 0.2) is 5.69 Å². The van der Waals surface area contributed by atoms with E-state index in [-0.39, 0.29) is 19.7 Å². The van der Waals surface area contributed by atoms with Crippen molar-refractivity contribution in [2.75, 3.05) is 20.3 Å². The summed E-state index contributed by atoms with van der Waals surface area (Å²) in [5, 5.41) is 0. The van der Waals surface area contributed by atoms with Crippen LogP contribution in [0.3, 0.4) is 0 Å².